The number of rotatable bonds is 4. The van der Waals surface area contributed by atoms with Crippen LogP contribution in [0.4, 0.5) is 0 Å². The summed E-state index contributed by atoms with van der Waals surface area (Å²) in [6, 6.07) is 7.46. The van der Waals surface area contributed by atoms with E-state index in [1.54, 1.807) is 0 Å². The number of carbonyl (C=O) groups is 1. The summed E-state index contributed by atoms with van der Waals surface area (Å²) in [5.74, 6) is 0.285. The van der Waals surface area contributed by atoms with E-state index in [1.165, 1.54) is 0 Å². The highest BCUT2D eigenvalue weighted by molar-refractivity contribution is 6.30. The van der Waals surface area contributed by atoms with Crippen LogP contribution in [0, 0.1) is 5.41 Å². The highest BCUT2D eigenvalue weighted by atomic mass is 35.5. The van der Waals surface area contributed by atoms with Crippen molar-refractivity contribution >= 4 is 17.4 Å². The summed E-state index contributed by atoms with van der Waals surface area (Å²) in [6.07, 6.45) is 1.37. The van der Waals surface area contributed by atoms with Crippen LogP contribution in [0.25, 0.3) is 0 Å². The molecular weight excluding hydrogens is 208 g/mol. The van der Waals surface area contributed by atoms with Gasteiger partial charge in [-0.25, -0.2) is 0 Å². The number of hydrogen-bond donors (Lipinski definition) is 0. The Labute approximate surface area is 96.5 Å². The summed E-state index contributed by atoms with van der Waals surface area (Å²) in [6.45, 7) is 6.02. The molecule has 1 nitrogen and oxygen atoms in total. The molecule has 15 heavy (non-hydrogen) atoms. The van der Waals surface area contributed by atoms with Crippen molar-refractivity contribution < 1.29 is 4.79 Å². The average molecular weight is 225 g/mol. The van der Waals surface area contributed by atoms with E-state index in [2.05, 4.69) is 0 Å². The van der Waals surface area contributed by atoms with Crippen LogP contribution in [0.5, 0.6) is 0 Å². The molecule has 2 heteroatoms. The van der Waals surface area contributed by atoms with Gasteiger partial charge in [-0.1, -0.05) is 44.5 Å². The molecule has 0 saturated carbocycles. The summed E-state index contributed by atoms with van der Waals surface area (Å²) in [5, 5.41) is 0.709. The van der Waals surface area contributed by atoms with Crippen molar-refractivity contribution in [2.24, 2.45) is 5.41 Å². The number of halogens is 1. The third-order valence-corrected chi connectivity index (χ3v) is 3.17. The lowest BCUT2D eigenvalue weighted by atomic mass is 9.82. The van der Waals surface area contributed by atoms with Gasteiger partial charge in [0.1, 0.15) is 5.78 Å². The molecule has 0 aliphatic heterocycles. The second kappa shape index (κ2) is 4.80. The number of Topliss-reactive ketones (excluding diaryl/α,β-unsaturated/α-hetero) is 1. The van der Waals surface area contributed by atoms with Crippen molar-refractivity contribution in [2.45, 2.75) is 33.6 Å². The summed E-state index contributed by atoms with van der Waals surface area (Å²) >= 11 is 5.78. The zero-order chi connectivity index (χ0) is 11.5. The van der Waals surface area contributed by atoms with E-state index in [0.717, 1.165) is 12.0 Å². The molecule has 0 saturated heterocycles. The van der Waals surface area contributed by atoms with Crippen molar-refractivity contribution in [3.05, 3.63) is 34.9 Å². The summed E-state index contributed by atoms with van der Waals surface area (Å²) in [7, 11) is 0. The highest BCUT2D eigenvalue weighted by Gasteiger charge is 2.24. The molecule has 0 aromatic heterocycles. The van der Waals surface area contributed by atoms with Crippen molar-refractivity contribution in [1.29, 1.82) is 0 Å². The molecule has 0 amide bonds. The van der Waals surface area contributed by atoms with Crippen molar-refractivity contribution in [1.82, 2.24) is 0 Å². The Morgan fingerprint density at radius 2 is 1.80 bits per heavy atom. The van der Waals surface area contributed by atoms with Gasteiger partial charge < -0.3 is 0 Å². The summed E-state index contributed by atoms with van der Waals surface area (Å²) < 4.78 is 0. The second-order valence-electron chi connectivity index (χ2n) is 4.46. The molecule has 0 aliphatic carbocycles. The van der Waals surface area contributed by atoms with E-state index in [4.69, 9.17) is 11.6 Å². The number of ketones is 1. The van der Waals surface area contributed by atoms with Crippen molar-refractivity contribution in [3.63, 3.8) is 0 Å². The van der Waals surface area contributed by atoms with Crippen LogP contribution in [-0.4, -0.2) is 5.78 Å². The maximum atomic E-state index is 11.9. The Morgan fingerprint density at radius 3 is 2.27 bits per heavy atom. The Balaban J connectivity index is 2.71. The minimum Gasteiger partial charge on any atom is -0.299 e. The smallest absolute Gasteiger partial charge is 0.142 e. The maximum Gasteiger partial charge on any atom is 0.142 e. The van der Waals surface area contributed by atoms with Crippen molar-refractivity contribution in [2.75, 3.05) is 0 Å². The first-order chi connectivity index (χ1) is 6.95. The van der Waals surface area contributed by atoms with Crippen LogP contribution in [0.2, 0.25) is 5.02 Å². The second-order valence-corrected chi connectivity index (χ2v) is 4.90. The Hall–Kier alpha value is -0.820. The van der Waals surface area contributed by atoms with Gasteiger partial charge in [-0.3, -0.25) is 4.79 Å². The lowest BCUT2D eigenvalue weighted by molar-refractivity contribution is -0.126. The molecule has 0 aliphatic rings. The quantitative estimate of drug-likeness (QED) is 0.759. The van der Waals surface area contributed by atoms with Gasteiger partial charge in [-0.2, -0.15) is 0 Å². The largest absolute Gasteiger partial charge is 0.299 e. The van der Waals surface area contributed by atoms with Gasteiger partial charge in [0.2, 0.25) is 0 Å². The molecular formula is C13H17ClO. The van der Waals surface area contributed by atoms with Gasteiger partial charge in [0.25, 0.3) is 0 Å². The molecule has 0 bridgehead atoms. The van der Waals surface area contributed by atoms with Gasteiger partial charge >= 0.3 is 0 Å². The topological polar surface area (TPSA) is 17.1 Å². The van der Waals surface area contributed by atoms with Crippen molar-refractivity contribution in [3.8, 4) is 0 Å². The van der Waals surface area contributed by atoms with Crippen LogP contribution in [0.3, 0.4) is 0 Å². The molecule has 0 radical (unpaired) electrons. The molecule has 1 rings (SSSR count). The fourth-order valence-electron chi connectivity index (χ4n) is 1.22. The van der Waals surface area contributed by atoms with Crippen LogP contribution in [0.15, 0.2) is 24.3 Å². The van der Waals surface area contributed by atoms with Gasteiger partial charge in [0, 0.05) is 16.9 Å². The zero-order valence-electron chi connectivity index (χ0n) is 9.51. The van der Waals surface area contributed by atoms with E-state index in [1.807, 2.05) is 45.0 Å². The van der Waals surface area contributed by atoms with E-state index in [0.29, 0.717) is 11.4 Å². The number of benzene rings is 1. The minimum atomic E-state index is -0.223. The first kappa shape index (κ1) is 12.3. The summed E-state index contributed by atoms with van der Waals surface area (Å²) in [5.41, 5.74) is 0.811. The molecule has 0 spiro atoms. The molecule has 0 unspecified atom stereocenters. The van der Waals surface area contributed by atoms with E-state index < -0.39 is 0 Å². The average Bonchev–Trinajstić information content (AvgIpc) is 2.21. The molecule has 0 heterocycles. The predicted molar refractivity (Wildman–Crippen MR) is 64.2 cm³/mol. The van der Waals surface area contributed by atoms with Crippen LogP contribution in [0.1, 0.15) is 32.8 Å². The third kappa shape index (κ3) is 3.35. The Bertz CT molecular complexity index is 338. The fraction of sp³-hybridized carbons (Fsp3) is 0.462. The molecule has 1 aromatic rings. The van der Waals surface area contributed by atoms with Crippen LogP contribution < -0.4 is 0 Å². The van der Waals surface area contributed by atoms with Gasteiger partial charge in [0.05, 0.1) is 0 Å². The summed E-state index contributed by atoms with van der Waals surface area (Å²) in [4.78, 5) is 11.9. The standard InChI is InChI=1S/C13H17ClO/c1-4-13(2,3)12(15)9-10-5-7-11(14)8-6-10/h5-8H,4,9H2,1-3H3. The van der Waals surface area contributed by atoms with Gasteiger partial charge in [0.15, 0.2) is 0 Å². The lowest BCUT2D eigenvalue weighted by Gasteiger charge is -2.20. The molecule has 0 atom stereocenters. The SMILES string of the molecule is CCC(C)(C)C(=O)Cc1ccc(Cl)cc1. The Kier molecular flexibility index (Phi) is 3.92. The first-order valence-electron chi connectivity index (χ1n) is 5.23. The zero-order valence-corrected chi connectivity index (χ0v) is 10.3. The molecule has 0 N–H and O–H groups in total. The first-order valence-corrected chi connectivity index (χ1v) is 5.61. The molecule has 0 fully saturated rings. The van der Waals surface area contributed by atoms with E-state index in [9.17, 15) is 4.79 Å². The lowest BCUT2D eigenvalue weighted by Crippen LogP contribution is -2.24. The highest BCUT2D eigenvalue weighted by Crippen LogP contribution is 2.23. The molecule has 82 valence electrons. The van der Waals surface area contributed by atoms with Gasteiger partial charge in [-0.05, 0) is 24.1 Å². The monoisotopic (exact) mass is 224 g/mol. The predicted octanol–water partition coefficient (Wildman–Crippen LogP) is 3.89. The minimum absolute atomic E-state index is 0.223. The van der Waals surface area contributed by atoms with E-state index >= 15 is 0 Å². The van der Waals surface area contributed by atoms with Crippen LogP contribution >= 0.6 is 11.6 Å². The van der Waals surface area contributed by atoms with Gasteiger partial charge in [-0.15, -0.1) is 0 Å². The fourth-order valence-corrected chi connectivity index (χ4v) is 1.35. The normalized spacial score (nSPS) is 11.5. The van der Waals surface area contributed by atoms with Crippen LogP contribution in [-0.2, 0) is 11.2 Å². The maximum absolute atomic E-state index is 11.9. The number of hydrogen-bond acceptors (Lipinski definition) is 1. The molecule has 1 aromatic carbocycles. The number of carbonyl (C=O) groups excluding carboxylic acids is 1. The third-order valence-electron chi connectivity index (χ3n) is 2.92. The Morgan fingerprint density at radius 1 is 1.27 bits per heavy atom. The van der Waals surface area contributed by atoms with E-state index in [-0.39, 0.29) is 11.2 Å².